The molecule has 1 saturated carbocycles. The normalized spacial score (nSPS) is 14.2. The lowest BCUT2D eigenvalue weighted by Gasteiger charge is -2.14. The summed E-state index contributed by atoms with van der Waals surface area (Å²) in [4.78, 5) is 15.1. The standard InChI is InChI=1S/C22H21FN2O3/c1-27-20-12-17(13-3-6-19-14(9-13)7-8-24-19)21(28-2)11-15(20)10-18(23)22(26)25-16-4-5-16/h3,6-12,16,24H,4-5H2,1-2H3,(H,25,26). The minimum absolute atomic E-state index is 0.0915. The maximum Gasteiger partial charge on any atom is 0.280 e. The Morgan fingerprint density at radius 1 is 1.14 bits per heavy atom. The van der Waals surface area contributed by atoms with Gasteiger partial charge in [0.1, 0.15) is 11.5 Å². The molecule has 0 saturated heterocycles. The van der Waals surface area contributed by atoms with E-state index in [2.05, 4.69) is 10.3 Å². The van der Waals surface area contributed by atoms with E-state index in [4.69, 9.17) is 9.47 Å². The van der Waals surface area contributed by atoms with Gasteiger partial charge in [0.15, 0.2) is 5.83 Å². The van der Waals surface area contributed by atoms with Gasteiger partial charge in [-0.15, -0.1) is 0 Å². The molecule has 1 aliphatic rings. The van der Waals surface area contributed by atoms with Gasteiger partial charge < -0.3 is 19.8 Å². The van der Waals surface area contributed by atoms with Gasteiger partial charge in [0.25, 0.3) is 5.91 Å². The van der Waals surface area contributed by atoms with Crippen molar-refractivity contribution >= 4 is 22.9 Å². The lowest BCUT2D eigenvalue weighted by atomic mass is 10.00. The van der Waals surface area contributed by atoms with Crippen LogP contribution in [0.15, 0.2) is 48.4 Å². The largest absolute Gasteiger partial charge is 0.496 e. The van der Waals surface area contributed by atoms with Gasteiger partial charge in [-0.05, 0) is 60.2 Å². The van der Waals surface area contributed by atoms with Gasteiger partial charge in [0.2, 0.25) is 0 Å². The number of nitrogens with one attached hydrogen (secondary N) is 2. The summed E-state index contributed by atoms with van der Waals surface area (Å²) in [5.74, 6) is -0.532. The van der Waals surface area contributed by atoms with Crippen LogP contribution in [-0.2, 0) is 4.79 Å². The Hall–Kier alpha value is -3.28. The number of benzene rings is 2. The molecule has 4 rings (SSSR count). The number of halogens is 1. The smallest absolute Gasteiger partial charge is 0.280 e. The van der Waals surface area contributed by atoms with E-state index >= 15 is 0 Å². The predicted molar refractivity (Wildman–Crippen MR) is 107 cm³/mol. The first-order chi connectivity index (χ1) is 13.6. The van der Waals surface area contributed by atoms with E-state index in [-0.39, 0.29) is 6.04 Å². The van der Waals surface area contributed by atoms with Crippen molar-refractivity contribution in [3.63, 3.8) is 0 Å². The molecule has 0 radical (unpaired) electrons. The summed E-state index contributed by atoms with van der Waals surface area (Å²) in [6, 6.07) is 11.6. The van der Waals surface area contributed by atoms with Gasteiger partial charge in [-0.1, -0.05) is 6.07 Å². The van der Waals surface area contributed by atoms with Gasteiger partial charge in [-0.3, -0.25) is 4.79 Å². The van der Waals surface area contributed by atoms with Crippen LogP contribution >= 0.6 is 0 Å². The van der Waals surface area contributed by atoms with Crippen LogP contribution in [0.5, 0.6) is 11.5 Å². The van der Waals surface area contributed by atoms with Gasteiger partial charge in [0.05, 0.1) is 14.2 Å². The second kappa shape index (κ2) is 7.38. The van der Waals surface area contributed by atoms with Crippen LogP contribution < -0.4 is 14.8 Å². The molecule has 2 aromatic carbocycles. The number of amides is 1. The molecule has 5 nitrogen and oxygen atoms in total. The molecule has 0 bridgehead atoms. The molecule has 1 aliphatic carbocycles. The highest BCUT2D eigenvalue weighted by molar-refractivity contribution is 5.96. The number of hydrogen-bond acceptors (Lipinski definition) is 3. The van der Waals surface area contributed by atoms with E-state index in [0.717, 1.165) is 34.9 Å². The van der Waals surface area contributed by atoms with E-state index in [1.165, 1.54) is 13.2 Å². The molecule has 6 heteroatoms. The van der Waals surface area contributed by atoms with Gasteiger partial charge in [-0.25, -0.2) is 4.39 Å². The fraction of sp³-hybridized carbons (Fsp3) is 0.227. The highest BCUT2D eigenvalue weighted by Gasteiger charge is 2.25. The zero-order chi connectivity index (χ0) is 19.7. The van der Waals surface area contributed by atoms with E-state index in [9.17, 15) is 9.18 Å². The maximum atomic E-state index is 14.3. The Kier molecular flexibility index (Phi) is 4.77. The van der Waals surface area contributed by atoms with Crippen LogP contribution in [0.3, 0.4) is 0 Å². The number of carbonyl (C=O) groups is 1. The Bertz CT molecular complexity index is 1070. The van der Waals surface area contributed by atoms with Crippen molar-refractivity contribution in [2.75, 3.05) is 14.2 Å². The molecular weight excluding hydrogens is 359 g/mol. The zero-order valence-corrected chi connectivity index (χ0v) is 15.7. The van der Waals surface area contributed by atoms with Crippen molar-refractivity contribution in [2.45, 2.75) is 18.9 Å². The molecule has 0 atom stereocenters. The number of ether oxygens (including phenoxy) is 2. The average Bonchev–Trinajstić information content (AvgIpc) is 3.40. The lowest BCUT2D eigenvalue weighted by molar-refractivity contribution is -0.118. The Morgan fingerprint density at radius 3 is 2.64 bits per heavy atom. The minimum Gasteiger partial charge on any atom is -0.496 e. The number of fused-ring (bicyclic) bond motifs is 1. The van der Waals surface area contributed by atoms with Crippen LogP contribution in [0.1, 0.15) is 18.4 Å². The van der Waals surface area contributed by atoms with Crippen LogP contribution in [0.2, 0.25) is 0 Å². The van der Waals surface area contributed by atoms with Gasteiger partial charge in [0, 0.05) is 28.9 Å². The second-order valence-corrected chi connectivity index (χ2v) is 6.81. The first-order valence-electron chi connectivity index (χ1n) is 9.10. The number of aromatic nitrogens is 1. The average molecular weight is 380 g/mol. The third-order valence-electron chi connectivity index (χ3n) is 4.83. The van der Waals surface area contributed by atoms with Crippen molar-refractivity contribution < 1.29 is 18.7 Å². The first-order valence-corrected chi connectivity index (χ1v) is 9.10. The number of rotatable bonds is 6. The maximum absolute atomic E-state index is 14.3. The summed E-state index contributed by atoms with van der Waals surface area (Å²) >= 11 is 0. The highest BCUT2D eigenvalue weighted by atomic mass is 19.1. The van der Waals surface area contributed by atoms with Crippen molar-refractivity contribution in [1.82, 2.24) is 10.3 Å². The minimum atomic E-state index is -0.853. The third kappa shape index (κ3) is 3.58. The fourth-order valence-corrected chi connectivity index (χ4v) is 3.16. The summed E-state index contributed by atoms with van der Waals surface area (Å²) in [6.07, 6.45) is 4.86. The molecule has 28 heavy (non-hydrogen) atoms. The van der Waals surface area contributed by atoms with Gasteiger partial charge in [-0.2, -0.15) is 0 Å². The van der Waals surface area contributed by atoms with Gasteiger partial charge >= 0.3 is 0 Å². The van der Waals surface area contributed by atoms with Crippen LogP contribution in [0, 0.1) is 0 Å². The van der Waals surface area contributed by atoms with Crippen LogP contribution in [-0.4, -0.2) is 31.2 Å². The monoisotopic (exact) mass is 380 g/mol. The van der Waals surface area contributed by atoms with Crippen molar-refractivity contribution in [1.29, 1.82) is 0 Å². The molecule has 144 valence electrons. The number of carbonyl (C=O) groups excluding carboxylic acids is 1. The number of aromatic amines is 1. The topological polar surface area (TPSA) is 63.4 Å². The van der Waals surface area contributed by atoms with E-state index < -0.39 is 11.7 Å². The molecule has 1 amide bonds. The quantitative estimate of drug-likeness (QED) is 0.622. The predicted octanol–water partition coefficient (Wildman–Crippen LogP) is 4.44. The number of hydrogen-bond donors (Lipinski definition) is 2. The zero-order valence-electron chi connectivity index (χ0n) is 15.7. The molecule has 0 unspecified atom stereocenters. The van der Waals surface area contributed by atoms with Crippen molar-refractivity contribution in [3.05, 3.63) is 54.0 Å². The molecule has 1 fully saturated rings. The molecule has 2 N–H and O–H groups in total. The Labute approximate surface area is 162 Å². The molecule has 1 heterocycles. The SMILES string of the molecule is COc1cc(-c2ccc3[nH]ccc3c2)c(OC)cc1C=C(F)C(=O)NC1CC1. The summed E-state index contributed by atoms with van der Waals surface area (Å²) in [5.41, 5.74) is 3.25. The summed E-state index contributed by atoms with van der Waals surface area (Å²) in [5, 5.41) is 3.71. The molecule has 1 aromatic heterocycles. The van der Waals surface area contributed by atoms with E-state index in [1.807, 2.05) is 30.5 Å². The second-order valence-electron chi connectivity index (χ2n) is 6.81. The molecule has 0 spiro atoms. The summed E-state index contributed by atoms with van der Waals surface area (Å²) in [6.45, 7) is 0. The van der Waals surface area contributed by atoms with E-state index in [0.29, 0.717) is 17.1 Å². The van der Waals surface area contributed by atoms with E-state index in [1.54, 1.807) is 19.2 Å². The third-order valence-corrected chi connectivity index (χ3v) is 4.83. The molecular formula is C22H21FN2O3. The summed E-state index contributed by atoms with van der Waals surface area (Å²) in [7, 11) is 3.07. The first kappa shape index (κ1) is 18.1. The molecule has 0 aliphatic heterocycles. The summed E-state index contributed by atoms with van der Waals surface area (Å²) < 4.78 is 25.3. The lowest BCUT2D eigenvalue weighted by Crippen LogP contribution is -2.25. The fourth-order valence-electron chi connectivity index (χ4n) is 3.16. The van der Waals surface area contributed by atoms with Crippen molar-refractivity contribution in [3.8, 4) is 22.6 Å². The van der Waals surface area contributed by atoms with Crippen LogP contribution in [0.25, 0.3) is 28.1 Å². The highest BCUT2D eigenvalue weighted by Crippen LogP contribution is 2.38. The Morgan fingerprint density at radius 2 is 1.93 bits per heavy atom. The van der Waals surface area contributed by atoms with Crippen molar-refractivity contribution in [2.24, 2.45) is 0 Å². The number of H-pyrrole nitrogens is 1. The number of methoxy groups -OCH3 is 2. The Balaban J connectivity index is 1.73. The van der Waals surface area contributed by atoms with Crippen LogP contribution in [0.4, 0.5) is 4.39 Å². The molecule has 3 aromatic rings.